The monoisotopic (exact) mass is 308 g/mol. The molecule has 4 nitrogen and oxygen atoms in total. The van der Waals surface area contributed by atoms with Gasteiger partial charge >= 0.3 is 6.18 Å². The first-order valence-electron chi connectivity index (χ1n) is 5.30. The zero-order valence-electron chi connectivity index (χ0n) is 10.9. The van der Waals surface area contributed by atoms with E-state index < -0.39 is 32.5 Å². The minimum Gasteiger partial charge on any atom is -0.265 e. The number of sulfonamides is 1. The molecule has 18 heavy (non-hydrogen) atoms. The van der Waals surface area contributed by atoms with Gasteiger partial charge in [0.15, 0.2) is 0 Å². The Labute approximate surface area is 108 Å². The SMILES string of the molecule is CS(C)(C)N1CCN(S(C)(=O)=O)C(C(F)(F)F)C1. The number of hydrogen-bond donors (Lipinski definition) is 0. The van der Waals surface area contributed by atoms with E-state index in [1.54, 1.807) is 4.31 Å². The van der Waals surface area contributed by atoms with Gasteiger partial charge in [-0.2, -0.15) is 27.7 Å². The third-order valence-corrected chi connectivity index (χ3v) is 6.04. The van der Waals surface area contributed by atoms with Crippen LogP contribution in [0.3, 0.4) is 0 Å². The van der Waals surface area contributed by atoms with Gasteiger partial charge in [-0.15, -0.1) is 0 Å². The summed E-state index contributed by atoms with van der Waals surface area (Å²) in [5.74, 6) is 0. The van der Waals surface area contributed by atoms with E-state index in [-0.39, 0.29) is 13.1 Å². The average Bonchev–Trinajstić information content (AvgIpc) is 2.12. The zero-order valence-corrected chi connectivity index (χ0v) is 12.5. The lowest BCUT2D eigenvalue weighted by atomic mass is 10.2. The van der Waals surface area contributed by atoms with Crippen molar-refractivity contribution in [1.82, 2.24) is 8.61 Å². The van der Waals surface area contributed by atoms with E-state index in [1.165, 1.54) is 0 Å². The van der Waals surface area contributed by atoms with Crippen LogP contribution in [0.1, 0.15) is 0 Å². The van der Waals surface area contributed by atoms with Gasteiger partial charge in [-0.05, 0) is 18.8 Å². The molecule has 1 rings (SSSR count). The molecule has 1 unspecified atom stereocenters. The highest BCUT2D eigenvalue weighted by molar-refractivity contribution is 8.30. The fraction of sp³-hybridized carbons (Fsp3) is 1.00. The fourth-order valence-electron chi connectivity index (χ4n) is 1.90. The van der Waals surface area contributed by atoms with Crippen molar-refractivity contribution >= 4 is 20.2 Å². The average molecular weight is 308 g/mol. The summed E-state index contributed by atoms with van der Waals surface area (Å²) < 4.78 is 64.0. The highest BCUT2D eigenvalue weighted by atomic mass is 32.3. The second-order valence-electron chi connectivity index (χ2n) is 5.09. The van der Waals surface area contributed by atoms with Gasteiger partial charge in [0, 0.05) is 19.6 Å². The Morgan fingerprint density at radius 3 is 1.89 bits per heavy atom. The van der Waals surface area contributed by atoms with E-state index in [9.17, 15) is 21.6 Å². The van der Waals surface area contributed by atoms with Gasteiger partial charge in [0.05, 0.1) is 6.26 Å². The predicted octanol–water partition coefficient (Wildman–Crippen LogP) is 1.10. The Morgan fingerprint density at radius 1 is 1.06 bits per heavy atom. The Hall–Kier alpha value is 0.01000. The van der Waals surface area contributed by atoms with E-state index >= 15 is 0 Å². The van der Waals surface area contributed by atoms with Crippen LogP contribution in [0, 0.1) is 0 Å². The molecule has 9 heteroatoms. The molecule has 1 heterocycles. The lowest BCUT2D eigenvalue weighted by molar-refractivity contribution is -0.178. The van der Waals surface area contributed by atoms with E-state index in [1.807, 2.05) is 18.8 Å². The second-order valence-corrected chi connectivity index (χ2v) is 11.1. The van der Waals surface area contributed by atoms with Crippen LogP contribution < -0.4 is 0 Å². The van der Waals surface area contributed by atoms with Crippen LogP contribution in [0.4, 0.5) is 13.2 Å². The summed E-state index contributed by atoms with van der Waals surface area (Å²) in [5.41, 5.74) is 0. The van der Waals surface area contributed by atoms with Gasteiger partial charge in [0.2, 0.25) is 10.0 Å². The lowest BCUT2D eigenvalue weighted by Crippen LogP contribution is -2.60. The minimum atomic E-state index is -4.54. The third-order valence-electron chi connectivity index (χ3n) is 2.87. The van der Waals surface area contributed by atoms with Crippen LogP contribution in [0.2, 0.25) is 0 Å². The standard InChI is InChI=1S/C9H19F3N2O2S2/c1-17(2,3)13-5-6-14(18(4,15)16)8(7-13)9(10,11)12/h8H,5-7H2,1-4H3. The number of alkyl halides is 3. The molecule has 110 valence electrons. The summed E-state index contributed by atoms with van der Waals surface area (Å²) in [6.45, 7) is -0.0405. The molecule has 0 aromatic rings. The highest BCUT2D eigenvalue weighted by Gasteiger charge is 2.50. The van der Waals surface area contributed by atoms with Crippen molar-refractivity contribution < 1.29 is 21.6 Å². The molecular formula is C9H19F3N2O2S2. The molecule has 0 N–H and O–H groups in total. The first kappa shape index (κ1) is 16.1. The summed E-state index contributed by atoms with van der Waals surface area (Å²) in [5, 5.41) is 0. The summed E-state index contributed by atoms with van der Waals surface area (Å²) >= 11 is 0. The van der Waals surface area contributed by atoms with Gasteiger partial charge in [0.1, 0.15) is 6.04 Å². The van der Waals surface area contributed by atoms with E-state index in [0.29, 0.717) is 10.8 Å². The van der Waals surface area contributed by atoms with Crippen LogP contribution >= 0.6 is 10.2 Å². The molecule has 0 saturated carbocycles. The highest BCUT2D eigenvalue weighted by Crippen LogP contribution is 2.43. The van der Waals surface area contributed by atoms with Crippen molar-refractivity contribution in [2.45, 2.75) is 12.2 Å². The maximum absolute atomic E-state index is 13.0. The molecule has 1 fully saturated rings. The normalized spacial score (nSPS) is 26.3. The molecule has 0 radical (unpaired) electrons. The van der Waals surface area contributed by atoms with Crippen molar-refractivity contribution in [2.75, 3.05) is 44.7 Å². The molecule has 1 saturated heterocycles. The number of nitrogens with zero attached hydrogens (tertiary/aromatic N) is 2. The molecule has 1 aliphatic rings. The smallest absolute Gasteiger partial charge is 0.265 e. The van der Waals surface area contributed by atoms with Gasteiger partial charge in [-0.1, -0.05) is 0 Å². The van der Waals surface area contributed by atoms with Crippen LogP contribution in [-0.4, -0.2) is 73.9 Å². The van der Waals surface area contributed by atoms with Crippen molar-refractivity contribution in [2.24, 2.45) is 0 Å². The van der Waals surface area contributed by atoms with Gasteiger partial charge in [0.25, 0.3) is 0 Å². The Kier molecular flexibility index (Phi) is 4.32. The second kappa shape index (κ2) is 4.84. The van der Waals surface area contributed by atoms with E-state index in [4.69, 9.17) is 0 Å². The third kappa shape index (κ3) is 3.75. The van der Waals surface area contributed by atoms with Gasteiger partial charge in [-0.3, -0.25) is 4.31 Å². The molecule has 1 aliphatic heterocycles. The molecular weight excluding hydrogens is 289 g/mol. The Balaban J connectivity index is 3.02. The van der Waals surface area contributed by atoms with Crippen molar-refractivity contribution in [3.63, 3.8) is 0 Å². The Morgan fingerprint density at radius 2 is 1.56 bits per heavy atom. The molecule has 0 bridgehead atoms. The number of rotatable bonds is 2. The van der Waals surface area contributed by atoms with Crippen LogP contribution in [0.5, 0.6) is 0 Å². The van der Waals surface area contributed by atoms with Gasteiger partial charge in [-0.25, -0.2) is 8.42 Å². The van der Waals surface area contributed by atoms with Crippen molar-refractivity contribution in [1.29, 1.82) is 0 Å². The predicted molar refractivity (Wildman–Crippen MR) is 68.3 cm³/mol. The van der Waals surface area contributed by atoms with E-state index in [2.05, 4.69) is 0 Å². The first-order valence-corrected chi connectivity index (χ1v) is 9.97. The maximum Gasteiger partial charge on any atom is 0.406 e. The number of halogens is 3. The van der Waals surface area contributed by atoms with Crippen LogP contribution in [0.25, 0.3) is 0 Å². The first-order chi connectivity index (χ1) is 7.83. The fourth-order valence-corrected chi connectivity index (χ4v) is 4.18. The lowest BCUT2D eigenvalue weighted by Gasteiger charge is -2.48. The van der Waals surface area contributed by atoms with Crippen LogP contribution in [0.15, 0.2) is 0 Å². The summed E-state index contributed by atoms with van der Waals surface area (Å²) in [6.07, 6.45) is 1.99. The molecule has 0 aliphatic carbocycles. The maximum atomic E-state index is 13.0. The summed E-state index contributed by atoms with van der Waals surface area (Å²) in [7, 11) is -5.11. The minimum absolute atomic E-state index is 0.104. The van der Waals surface area contributed by atoms with Crippen molar-refractivity contribution in [3.8, 4) is 0 Å². The number of piperazine rings is 1. The summed E-state index contributed by atoms with van der Waals surface area (Å²) in [4.78, 5) is 0. The molecule has 0 amide bonds. The summed E-state index contributed by atoms with van der Waals surface area (Å²) in [6, 6.07) is -1.94. The zero-order chi connectivity index (χ0) is 14.4. The quantitative estimate of drug-likeness (QED) is 0.767. The van der Waals surface area contributed by atoms with Crippen LogP contribution in [-0.2, 0) is 10.0 Å². The molecule has 1 atom stereocenters. The number of hydrogen-bond acceptors (Lipinski definition) is 3. The molecule has 0 aromatic heterocycles. The Bertz CT molecular complexity index is 403. The topological polar surface area (TPSA) is 40.6 Å². The van der Waals surface area contributed by atoms with E-state index in [0.717, 1.165) is 6.26 Å². The van der Waals surface area contributed by atoms with Gasteiger partial charge < -0.3 is 0 Å². The van der Waals surface area contributed by atoms with Crippen molar-refractivity contribution in [3.05, 3.63) is 0 Å². The molecule has 0 spiro atoms. The molecule has 0 aromatic carbocycles. The largest absolute Gasteiger partial charge is 0.406 e.